The number of aromatic nitrogens is 2. The number of carbonyl (C=O) groups is 1. The summed E-state index contributed by atoms with van der Waals surface area (Å²) in [4.78, 5) is 13.7. The van der Waals surface area contributed by atoms with E-state index in [0.29, 0.717) is 24.0 Å². The highest BCUT2D eigenvalue weighted by Crippen LogP contribution is 2.44. The Kier molecular flexibility index (Phi) is 3.94. The zero-order valence-corrected chi connectivity index (χ0v) is 14.8. The number of carbonyl (C=O) groups excluding carboxylic acids is 1. The summed E-state index contributed by atoms with van der Waals surface area (Å²) in [5, 5.41) is 12.8. The van der Waals surface area contributed by atoms with Crippen molar-refractivity contribution < 1.29 is 4.79 Å². The molecule has 2 aromatic heterocycles. The molecule has 0 spiro atoms. The summed E-state index contributed by atoms with van der Waals surface area (Å²) in [5.74, 6) is 1.19. The highest BCUT2D eigenvalue weighted by molar-refractivity contribution is 7.10. The lowest BCUT2D eigenvalue weighted by atomic mass is 9.87. The Labute approximate surface area is 145 Å². The number of rotatable bonds is 5. The molecule has 6 nitrogen and oxygen atoms in total. The SMILES string of the molecule is Cc1cc(NC(=O)c2csc(C3CC3NC3CC(N)C3)c2)n(C)n1. The first kappa shape index (κ1) is 15.8. The zero-order valence-electron chi connectivity index (χ0n) is 14.0. The molecule has 0 aromatic carbocycles. The lowest BCUT2D eigenvalue weighted by Crippen LogP contribution is -2.49. The van der Waals surface area contributed by atoms with Gasteiger partial charge in [0.25, 0.3) is 5.91 Å². The van der Waals surface area contributed by atoms with Crippen molar-refractivity contribution in [3.8, 4) is 0 Å². The molecule has 2 heterocycles. The van der Waals surface area contributed by atoms with E-state index in [0.717, 1.165) is 36.3 Å². The molecule has 0 saturated heterocycles. The predicted molar refractivity (Wildman–Crippen MR) is 95.5 cm³/mol. The van der Waals surface area contributed by atoms with E-state index in [1.54, 1.807) is 16.0 Å². The monoisotopic (exact) mass is 345 g/mol. The van der Waals surface area contributed by atoms with Crippen molar-refractivity contribution in [2.24, 2.45) is 12.8 Å². The van der Waals surface area contributed by atoms with Crippen LogP contribution in [0, 0.1) is 6.92 Å². The number of aryl methyl sites for hydroxylation is 2. The maximum Gasteiger partial charge on any atom is 0.257 e. The number of nitrogens with one attached hydrogen (secondary N) is 2. The van der Waals surface area contributed by atoms with E-state index in [-0.39, 0.29) is 5.91 Å². The number of thiophene rings is 1. The summed E-state index contributed by atoms with van der Waals surface area (Å²) >= 11 is 1.68. The molecule has 0 aliphatic heterocycles. The van der Waals surface area contributed by atoms with Crippen LogP contribution in [0.3, 0.4) is 0 Å². The number of hydrogen-bond donors (Lipinski definition) is 3. The molecule has 2 saturated carbocycles. The van der Waals surface area contributed by atoms with Crippen molar-refractivity contribution in [2.75, 3.05) is 5.32 Å². The van der Waals surface area contributed by atoms with Crippen molar-refractivity contribution in [2.45, 2.75) is 50.2 Å². The Morgan fingerprint density at radius 1 is 1.38 bits per heavy atom. The second kappa shape index (κ2) is 5.98. The minimum absolute atomic E-state index is 0.0735. The van der Waals surface area contributed by atoms with Crippen molar-refractivity contribution in [1.82, 2.24) is 15.1 Å². The molecule has 4 N–H and O–H groups in total. The predicted octanol–water partition coefficient (Wildman–Crippen LogP) is 1.98. The number of nitrogens with two attached hydrogens (primary N) is 1. The van der Waals surface area contributed by atoms with Crippen LogP contribution in [0.2, 0.25) is 0 Å². The van der Waals surface area contributed by atoms with Gasteiger partial charge in [-0.15, -0.1) is 11.3 Å². The third-order valence-electron chi connectivity index (χ3n) is 4.91. The van der Waals surface area contributed by atoms with Crippen molar-refractivity contribution in [1.29, 1.82) is 0 Å². The van der Waals surface area contributed by atoms with Crippen molar-refractivity contribution in [3.63, 3.8) is 0 Å². The molecule has 128 valence electrons. The van der Waals surface area contributed by atoms with Gasteiger partial charge in [0.05, 0.1) is 11.3 Å². The highest BCUT2D eigenvalue weighted by Gasteiger charge is 2.42. The third kappa shape index (κ3) is 3.11. The molecule has 2 fully saturated rings. The average molecular weight is 345 g/mol. The van der Waals surface area contributed by atoms with Crippen molar-refractivity contribution >= 4 is 23.1 Å². The van der Waals surface area contributed by atoms with Gasteiger partial charge in [-0.2, -0.15) is 5.10 Å². The Morgan fingerprint density at radius 2 is 2.17 bits per heavy atom. The van der Waals surface area contributed by atoms with Crippen LogP contribution in [0.4, 0.5) is 5.82 Å². The minimum Gasteiger partial charge on any atom is -0.328 e. The van der Waals surface area contributed by atoms with Gasteiger partial charge in [0.2, 0.25) is 0 Å². The molecule has 24 heavy (non-hydrogen) atoms. The fraction of sp³-hybridized carbons (Fsp3) is 0.529. The molecule has 0 radical (unpaired) electrons. The first-order chi connectivity index (χ1) is 11.5. The van der Waals surface area contributed by atoms with Gasteiger partial charge in [-0.1, -0.05) is 0 Å². The van der Waals surface area contributed by atoms with E-state index in [9.17, 15) is 4.79 Å². The maximum atomic E-state index is 12.4. The Hall–Kier alpha value is -1.70. The fourth-order valence-corrected chi connectivity index (χ4v) is 4.45. The largest absolute Gasteiger partial charge is 0.328 e. The lowest BCUT2D eigenvalue weighted by Gasteiger charge is -2.33. The zero-order chi connectivity index (χ0) is 16.8. The van der Waals surface area contributed by atoms with Crippen LogP contribution in [0.15, 0.2) is 17.5 Å². The summed E-state index contributed by atoms with van der Waals surface area (Å²) < 4.78 is 1.69. The summed E-state index contributed by atoms with van der Waals surface area (Å²) in [6, 6.07) is 5.42. The molecular formula is C17H23N5OS. The van der Waals surface area contributed by atoms with Gasteiger partial charge in [0.1, 0.15) is 5.82 Å². The Morgan fingerprint density at radius 3 is 2.83 bits per heavy atom. The van der Waals surface area contributed by atoms with Gasteiger partial charge in [-0.05, 0) is 32.3 Å². The van der Waals surface area contributed by atoms with Crippen LogP contribution in [-0.4, -0.2) is 33.8 Å². The third-order valence-corrected chi connectivity index (χ3v) is 5.97. The van der Waals surface area contributed by atoms with Gasteiger partial charge in [0.15, 0.2) is 0 Å². The van der Waals surface area contributed by atoms with E-state index in [1.807, 2.05) is 31.5 Å². The summed E-state index contributed by atoms with van der Waals surface area (Å²) in [6.45, 7) is 1.91. The van der Waals surface area contributed by atoms with Gasteiger partial charge in [-0.25, -0.2) is 0 Å². The quantitative estimate of drug-likeness (QED) is 0.773. The normalized spacial score (nSPS) is 28.5. The number of anilines is 1. The van der Waals surface area contributed by atoms with Crippen LogP contribution in [-0.2, 0) is 7.05 Å². The number of amides is 1. The molecule has 4 rings (SSSR count). The average Bonchev–Trinajstić information content (AvgIpc) is 2.95. The maximum absolute atomic E-state index is 12.4. The second-order valence-corrected chi connectivity index (χ2v) is 7.97. The van der Waals surface area contributed by atoms with Crippen LogP contribution in [0.5, 0.6) is 0 Å². The summed E-state index contributed by atoms with van der Waals surface area (Å²) in [6.07, 6.45) is 3.34. The van der Waals surface area contributed by atoms with E-state index in [2.05, 4.69) is 15.7 Å². The standard InChI is InChI=1S/C17H23N5OS/c1-9-3-16(22(2)21-9)20-17(23)10-4-15(24-8-10)13-7-14(13)19-12-5-11(18)6-12/h3-4,8,11-14,19H,5-7,18H2,1-2H3,(H,20,23). The summed E-state index contributed by atoms with van der Waals surface area (Å²) in [7, 11) is 1.83. The fourth-order valence-electron chi connectivity index (χ4n) is 3.38. The van der Waals surface area contributed by atoms with Crippen LogP contribution < -0.4 is 16.4 Å². The molecule has 2 aromatic rings. The van der Waals surface area contributed by atoms with Crippen LogP contribution in [0.1, 0.15) is 46.1 Å². The first-order valence-electron chi connectivity index (χ1n) is 8.41. The Balaban J connectivity index is 1.35. The van der Waals surface area contributed by atoms with Gasteiger partial charge in [-0.3, -0.25) is 9.48 Å². The molecule has 1 amide bonds. The molecule has 2 atom stereocenters. The van der Waals surface area contributed by atoms with Gasteiger partial charge >= 0.3 is 0 Å². The van der Waals surface area contributed by atoms with E-state index >= 15 is 0 Å². The van der Waals surface area contributed by atoms with Crippen LogP contribution in [0.25, 0.3) is 0 Å². The molecular weight excluding hydrogens is 322 g/mol. The van der Waals surface area contributed by atoms with Gasteiger partial charge < -0.3 is 16.4 Å². The molecule has 2 unspecified atom stereocenters. The molecule has 2 aliphatic rings. The first-order valence-corrected chi connectivity index (χ1v) is 9.29. The van der Waals surface area contributed by atoms with Crippen molar-refractivity contribution in [3.05, 3.63) is 33.6 Å². The van der Waals surface area contributed by atoms with Crippen LogP contribution >= 0.6 is 11.3 Å². The Bertz CT molecular complexity index is 761. The molecule has 2 aliphatic carbocycles. The van der Waals surface area contributed by atoms with E-state index < -0.39 is 0 Å². The smallest absolute Gasteiger partial charge is 0.257 e. The summed E-state index contributed by atoms with van der Waals surface area (Å²) in [5.41, 5.74) is 7.45. The lowest BCUT2D eigenvalue weighted by molar-refractivity contribution is 0.102. The second-order valence-electron chi connectivity index (χ2n) is 7.03. The van der Waals surface area contributed by atoms with Gasteiger partial charge in [0, 0.05) is 47.4 Å². The van der Waals surface area contributed by atoms with E-state index in [4.69, 9.17) is 5.73 Å². The topological polar surface area (TPSA) is 85.0 Å². The minimum atomic E-state index is -0.0735. The number of hydrogen-bond acceptors (Lipinski definition) is 5. The molecule has 7 heteroatoms. The van der Waals surface area contributed by atoms with E-state index in [1.165, 1.54) is 4.88 Å². The highest BCUT2D eigenvalue weighted by atomic mass is 32.1. The number of nitrogens with zero attached hydrogens (tertiary/aromatic N) is 2. The molecule has 0 bridgehead atoms.